The highest BCUT2D eigenvalue weighted by Gasteiger charge is 2.25. The van der Waals surface area contributed by atoms with Crippen molar-refractivity contribution < 1.29 is 18.3 Å². The zero-order chi connectivity index (χ0) is 15.5. The third-order valence-electron chi connectivity index (χ3n) is 3.86. The van der Waals surface area contributed by atoms with Gasteiger partial charge in [0.2, 0.25) is 6.41 Å². The zero-order valence-electron chi connectivity index (χ0n) is 11.8. The van der Waals surface area contributed by atoms with E-state index in [2.05, 4.69) is 0 Å². The van der Waals surface area contributed by atoms with E-state index in [1.165, 1.54) is 6.07 Å². The van der Waals surface area contributed by atoms with E-state index in [0.29, 0.717) is 13.0 Å². The number of amides is 1. The highest BCUT2D eigenvalue weighted by Crippen LogP contribution is 2.24. The Kier molecular flexibility index (Phi) is 4.04. The Labute approximate surface area is 127 Å². The van der Waals surface area contributed by atoms with Crippen LogP contribution in [-0.4, -0.2) is 24.0 Å². The predicted octanol–water partition coefficient (Wildman–Crippen LogP) is 2.93. The summed E-state index contributed by atoms with van der Waals surface area (Å²) in [5.41, 5.74) is 2.27. The van der Waals surface area contributed by atoms with E-state index in [-0.39, 0.29) is 18.4 Å². The number of nitrogens with zero attached hydrogens (tertiary/aromatic N) is 1. The molecule has 0 fully saturated rings. The van der Waals surface area contributed by atoms with Crippen LogP contribution in [0.3, 0.4) is 0 Å². The van der Waals surface area contributed by atoms with E-state index < -0.39 is 11.6 Å². The van der Waals surface area contributed by atoms with Crippen molar-refractivity contribution in [2.24, 2.45) is 0 Å². The third-order valence-corrected chi connectivity index (χ3v) is 3.86. The minimum Gasteiger partial charge on any atom is -0.488 e. The van der Waals surface area contributed by atoms with Crippen LogP contribution in [0.25, 0.3) is 0 Å². The highest BCUT2D eigenvalue weighted by atomic mass is 19.1. The van der Waals surface area contributed by atoms with Crippen molar-refractivity contribution >= 4 is 6.41 Å². The molecule has 0 saturated carbocycles. The van der Waals surface area contributed by atoms with Crippen LogP contribution in [0.4, 0.5) is 8.78 Å². The number of benzene rings is 2. The Morgan fingerprint density at radius 1 is 1.18 bits per heavy atom. The molecule has 0 aliphatic carbocycles. The van der Waals surface area contributed by atoms with Gasteiger partial charge in [0.1, 0.15) is 12.4 Å². The number of ether oxygens (including phenoxy) is 1. The normalized spacial score (nSPS) is 17.0. The topological polar surface area (TPSA) is 29.5 Å². The van der Waals surface area contributed by atoms with Gasteiger partial charge >= 0.3 is 0 Å². The summed E-state index contributed by atoms with van der Waals surface area (Å²) in [7, 11) is 0. The maximum atomic E-state index is 13.6. The van der Waals surface area contributed by atoms with Crippen LogP contribution < -0.4 is 4.74 Å². The second kappa shape index (κ2) is 6.13. The van der Waals surface area contributed by atoms with Crippen molar-refractivity contribution in [3.05, 3.63) is 65.2 Å². The van der Waals surface area contributed by atoms with E-state index in [0.717, 1.165) is 29.7 Å². The molecule has 3 nitrogen and oxygen atoms in total. The van der Waals surface area contributed by atoms with Crippen LogP contribution in [0.1, 0.15) is 11.1 Å². The van der Waals surface area contributed by atoms with Crippen LogP contribution >= 0.6 is 0 Å². The van der Waals surface area contributed by atoms with Crippen LogP contribution in [0, 0.1) is 11.6 Å². The fourth-order valence-corrected chi connectivity index (χ4v) is 2.66. The van der Waals surface area contributed by atoms with E-state index in [9.17, 15) is 13.6 Å². The number of fused-ring (bicyclic) bond motifs is 1. The minimum atomic E-state index is -0.742. The van der Waals surface area contributed by atoms with Crippen LogP contribution in [0.5, 0.6) is 5.75 Å². The first kappa shape index (κ1) is 14.5. The van der Waals surface area contributed by atoms with Gasteiger partial charge in [-0.25, -0.2) is 8.78 Å². The standard InChI is InChI=1S/C17H15F2NO2/c18-14-5-6-17(16(19)8-14)22-10-15-7-12-3-1-2-4-13(12)9-20(15)11-21/h1-6,8,11,15H,7,9-10H2. The Morgan fingerprint density at radius 2 is 1.95 bits per heavy atom. The molecule has 5 heteroatoms. The lowest BCUT2D eigenvalue weighted by molar-refractivity contribution is -0.121. The maximum Gasteiger partial charge on any atom is 0.210 e. The third kappa shape index (κ3) is 2.93. The van der Waals surface area contributed by atoms with E-state index in [4.69, 9.17) is 4.74 Å². The van der Waals surface area contributed by atoms with Gasteiger partial charge in [0.15, 0.2) is 11.6 Å². The summed E-state index contributed by atoms with van der Waals surface area (Å²) in [6.07, 6.45) is 1.43. The number of hydrogen-bond donors (Lipinski definition) is 0. The van der Waals surface area contributed by atoms with Crippen molar-refractivity contribution in [3.8, 4) is 5.75 Å². The molecule has 0 bridgehead atoms. The van der Waals surface area contributed by atoms with Gasteiger partial charge in [0.05, 0.1) is 6.04 Å². The monoisotopic (exact) mass is 303 g/mol. The van der Waals surface area contributed by atoms with Gasteiger partial charge in [0, 0.05) is 12.6 Å². The highest BCUT2D eigenvalue weighted by molar-refractivity contribution is 5.50. The van der Waals surface area contributed by atoms with Gasteiger partial charge in [-0.2, -0.15) is 0 Å². The quantitative estimate of drug-likeness (QED) is 0.813. The lowest BCUT2D eigenvalue weighted by Crippen LogP contribution is -2.43. The van der Waals surface area contributed by atoms with E-state index in [1.807, 2.05) is 24.3 Å². The molecule has 1 aliphatic rings. The first-order chi connectivity index (χ1) is 10.7. The van der Waals surface area contributed by atoms with Crippen LogP contribution in [0.15, 0.2) is 42.5 Å². The van der Waals surface area contributed by atoms with Gasteiger partial charge in [-0.3, -0.25) is 4.79 Å². The average Bonchev–Trinajstić information content (AvgIpc) is 2.53. The van der Waals surface area contributed by atoms with Gasteiger partial charge in [-0.1, -0.05) is 24.3 Å². The van der Waals surface area contributed by atoms with Gasteiger partial charge in [0.25, 0.3) is 0 Å². The Balaban J connectivity index is 1.73. The van der Waals surface area contributed by atoms with Gasteiger partial charge in [-0.15, -0.1) is 0 Å². The molecule has 0 spiro atoms. The predicted molar refractivity (Wildman–Crippen MR) is 77.4 cm³/mol. The number of rotatable bonds is 4. The van der Waals surface area contributed by atoms with Crippen molar-refractivity contribution in [1.29, 1.82) is 0 Å². The molecule has 2 aromatic rings. The molecule has 1 atom stereocenters. The van der Waals surface area contributed by atoms with Crippen molar-refractivity contribution in [1.82, 2.24) is 4.90 Å². The molecular formula is C17H15F2NO2. The molecule has 114 valence electrons. The summed E-state index contributed by atoms with van der Waals surface area (Å²) in [5, 5.41) is 0. The number of carbonyl (C=O) groups is 1. The summed E-state index contributed by atoms with van der Waals surface area (Å²) >= 11 is 0. The average molecular weight is 303 g/mol. The Morgan fingerprint density at radius 3 is 2.68 bits per heavy atom. The molecule has 1 aliphatic heterocycles. The van der Waals surface area contributed by atoms with Gasteiger partial charge in [-0.05, 0) is 29.7 Å². The molecule has 0 radical (unpaired) electrons. The molecule has 2 aromatic carbocycles. The largest absolute Gasteiger partial charge is 0.488 e. The minimum absolute atomic E-state index is 0.00823. The Bertz CT molecular complexity index is 690. The first-order valence-electron chi connectivity index (χ1n) is 7.03. The smallest absolute Gasteiger partial charge is 0.210 e. The zero-order valence-corrected chi connectivity index (χ0v) is 11.8. The second-order valence-corrected chi connectivity index (χ2v) is 5.29. The first-order valence-corrected chi connectivity index (χ1v) is 7.03. The van der Waals surface area contributed by atoms with Crippen molar-refractivity contribution in [2.75, 3.05) is 6.61 Å². The molecule has 1 heterocycles. The summed E-state index contributed by atoms with van der Waals surface area (Å²) < 4.78 is 31.9. The molecule has 1 unspecified atom stereocenters. The molecule has 22 heavy (non-hydrogen) atoms. The summed E-state index contributed by atoms with van der Waals surface area (Å²) in [6.45, 7) is 0.676. The van der Waals surface area contributed by atoms with E-state index in [1.54, 1.807) is 4.90 Å². The lowest BCUT2D eigenvalue weighted by atomic mass is 9.95. The number of halogens is 2. The molecule has 1 amide bonds. The van der Waals surface area contributed by atoms with Crippen LogP contribution in [-0.2, 0) is 17.8 Å². The van der Waals surface area contributed by atoms with Crippen molar-refractivity contribution in [2.45, 2.75) is 19.0 Å². The maximum absolute atomic E-state index is 13.6. The Hall–Kier alpha value is -2.43. The molecular weight excluding hydrogens is 288 g/mol. The molecule has 3 rings (SSSR count). The molecule has 0 aromatic heterocycles. The number of hydrogen-bond acceptors (Lipinski definition) is 2. The fraction of sp³-hybridized carbons (Fsp3) is 0.235. The molecule has 0 saturated heterocycles. The van der Waals surface area contributed by atoms with Gasteiger partial charge < -0.3 is 9.64 Å². The summed E-state index contributed by atoms with van der Waals surface area (Å²) in [4.78, 5) is 12.9. The lowest BCUT2D eigenvalue weighted by Gasteiger charge is -2.34. The fourth-order valence-electron chi connectivity index (χ4n) is 2.66. The SMILES string of the molecule is O=CN1Cc2ccccc2CC1COc1ccc(F)cc1F. The van der Waals surface area contributed by atoms with E-state index >= 15 is 0 Å². The van der Waals surface area contributed by atoms with Crippen molar-refractivity contribution in [3.63, 3.8) is 0 Å². The second-order valence-electron chi connectivity index (χ2n) is 5.29. The van der Waals surface area contributed by atoms with Crippen LogP contribution in [0.2, 0.25) is 0 Å². The summed E-state index contributed by atoms with van der Waals surface area (Å²) in [6, 6.07) is 10.9. The summed E-state index contributed by atoms with van der Waals surface area (Å²) in [5.74, 6) is -1.40. The molecule has 0 N–H and O–H groups in total. The number of carbonyl (C=O) groups excluding carboxylic acids is 1.